The lowest BCUT2D eigenvalue weighted by Gasteiger charge is -2.06. The summed E-state index contributed by atoms with van der Waals surface area (Å²) in [7, 11) is 0. The van der Waals surface area contributed by atoms with Crippen molar-refractivity contribution in [2.75, 3.05) is 0 Å². The van der Waals surface area contributed by atoms with Crippen molar-refractivity contribution >= 4 is 12.3 Å². The molecule has 0 radical (unpaired) electrons. The van der Waals surface area contributed by atoms with E-state index in [2.05, 4.69) is 11.9 Å². The number of rotatable bonds is 15. The van der Waals surface area contributed by atoms with Gasteiger partial charge in [0, 0.05) is 0 Å². The van der Waals surface area contributed by atoms with Crippen molar-refractivity contribution in [1.82, 2.24) is 0 Å². The minimum absolute atomic E-state index is 0.102. The van der Waals surface area contributed by atoms with E-state index in [4.69, 9.17) is 4.74 Å². The highest BCUT2D eigenvalue weighted by molar-refractivity contribution is 5.91. The molecule has 3 heteroatoms. The van der Waals surface area contributed by atoms with E-state index < -0.39 is 0 Å². The van der Waals surface area contributed by atoms with Gasteiger partial charge in [-0.25, -0.2) is 0 Å². The number of ether oxygens (including phenoxy) is 1. The maximum Gasteiger partial charge on any atom is 0.289 e. The molecule has 0 spiro atoms. The number of amides is 1. The van der Waals surface area contributed by atoms with Gasteiger partial charge in [0.1, 0.15) is 0 Å². The average Bonchev–Trinajstić information content (AvgIpc) is 2.93. The van der Waals surface area contributed by atoms with E-state index in [1.165, 1.54) is 89.9 Å². The highest BCUT2D eigenvalue weighted by atomic mass is 16.5. The fourth-order valence-corrected chi connectivity index (χ4v) is 3.01. The Hall–Kier alpha value is -0.860. The zero-order valence-corrected chi connectivity index (χ0v) is 14.5. The van der Waals surface area contributed by atoms with Crippen molar-refractivity contribution in [2.45, 2.75) is 109 Å². The molecule has 0 bridgehead atoms. The summed E-state index contributed by atoms with van der Waals surface area (Å²) in [5.74, 6) is -0.102. The number of carbonyl (C=O) groups is 1. The summed E-state index contributed by atoms with van der Waals surface area (Å²) in [4.78, 5) is 14.8. The molecule has 0 aliphatic carbocycles. The van der Waals surface area contributed by atoms with Crippen LogP contribution >= 0.6 is 0 Å². The highest BCUT2D eigenvalue weighted by Crippen LogP contribution is 2.15. The van der Waals surface area contributed by atoms with Gasteiger partial charge in [0.15, 0.2) is 12.5 Å². The van der Waals surface area contributed by atoms with E-state index >= 15 is 0 Å². The van der Waals surface area contributed by atoms with Crippen molar-refractivity contribution in [3.63, 3.8) is 0 Å². The molecule has 0 fully saturated rings. The third kappa shape index (κ3) is 9.97. The Labute approximate surface area is 136 Å². The van der Waals surface area contributed by atoms with E-state index in [1.54, 1.807) is 0 Å². The predicted molar refractivity (Wildman–Crippen MR) is 93.3 cm³/mol. The Balaban J connectivity index is 1.70. The molecule has 0 saturated carbocycles. The number of hydrogen-bond donors (Lipinski definition) is 0. The van der Waals surface area contributed by atoms with Gasteiger partial charge in [-0.2, -0.15) is 4.99 Å². The van der Waals surface area contributed by atoms with Gasteiger partial charge < -0.3 is 4.74 Å². The van der Waals surface area contributed by atoms with Crippen LogP contribution in [0, 0.1) is 0 Å². The third-order valence-corrected chi connectivity index (χ3v) is 4.50. The molecule has 1 amide bonds. The van der Waals surface area contributed by atoms with Crippen molar-refractivity contribution in [3.8, 4) is 0 Å². The summed E-state index contributed by atoms with van der Waals surface area (Å²) in [6, 6.07) is 0. The number of unbranched alkanes of at least 4 members (excludes halogenated alkanes) is 13. The quantitative estimate of drug-likeness (QED) is 0.358. The second-order valence-electron chi connectivity index (χ2n) is 6.58. The summed E-state index contributed by atoms with van der Waals surface area (Å²) in [5, 5.41) is 0. The summed E-state index contributed by atoms with van der Waals surface area (Å²) < 4.78 is 5.14. The Morgan fingerprint density at radius 2 is 1.27 bits per heavy atom. The fourth-order valence-electron chi connectivity index (χ4n) is 3.01. The number of carbonyl (C=O) groups excluding carboxylic acids is 1. The summed E-state index contributed by atoms with van der Waals surface area (Å²) in [6.07, 6.45) is 20.9. The van der Waals surface area contributed by atoms with Gasteiger partial charge in [-0.15, -0.1) is 0 Å². The minimum Gasteiger partial charge on any atom is -0.470 e. The molecule has 0 aromatic rings. The molecule has 1 unspecified atom stereocenters. The molecule has 1 heterocycles. The molecule has 22 heavy (non-hydrogen) atoms. The van der Waals surface area contributed by atoms with Crippen molar-refractivity contribution in [2.24, 2.45) is 4.99 Å². The Kier molecular flexibility index (Phi) is 12.0. The smallest absolute Gasteiger partial charge is 0.289 e. The zero-order valence-electron chi connectivity index (χ0n) is 14.5. The van der Waals surface area contributed by atoms with Crippen LogP contribution in [0.25, 0.3) is 0 Å². The lowest BCUT2D eigenvalue weighted by atomic mass is 10.0. The van der Waals surface area contributed by atoms with Crippen LogP contribution < -0.4 is 0 Å². The normalized spacial score (nSPS) is 17.1. The lowest BCUT2D eigenvalue weighted by molar-refractivity contribution is -0.122. The molecule has 128 valence electrons. The molecule has 0 aromatic heterocycles. The molecule has 1 rings (SSSR count). The van der Waals surface area contributed by atoms with Crippen LogP contribution in [0.15, 0.2) is 4.99 Å². The largest absolute Gasteiger partial charge is 0.470 e. The Morgan fingerprint density at radius 3 is 1.68 bits per heavy atom. The van der Waals surface area contributed by atoms with E-state index in [-0.39, 0.29) is 12.0 Å². The molecular formula is C19H35NO2. The third-order valence-electron chi connectivity index (χ3n) is 4.50. The first-order valence-electron chi connectivity index (χ1n) is 9.56. The van der Waals surface area contributed by atoms with Gasteiger partial charge in [0.25, 0.3) is 5.91 Å². The van der Waals surface area contributed by atoms with Crippen LogP contribution in [0.4, 0.5) is 0 Å². The van der Waals surface area contributed by atoms with Crippen LogP contribution in [-0.2, 0) is 9.53 Å². The topological polar surface area (TPSA) is 38.7 Å². The number of hydrogen-bond acceptors (Lipinski definition) is 2. The van der Waals surface area contributed by atoms with Crippen LogP contribution in [0.2, 0.25) is 0 Å². The maximum absolute atomic E-state index is 11.2. The number of nitrogens with zero attached hydrogens (tertiary/aromatic N) is 1. The van der Waals surface area contributed by atoms with Gasteiger partial charge in [-0.3, -0.25) is 4.79 Å². The first kappa shape index (κ1) is 19.2. The van der Waals surface area contributed by atoms with Crippen LogP contribution in [0.5, 0.6) is 0 Å². The monoisotopic (exact) mass is 309 g/mol. The SMILES string of the molecule is CCCCCCCCCCCCCCCCC1OC=NC1=O. The van der Waals surface area contributed by atoms with E-state index in [1.807, 2.05) is 0 Å². The van der Waals surface area contributed by atoms with Crippen molar-refractivity contribution in [3.05, 3.63) is 0 Å². The molecule has 3 nitrogen and oxygen atoms in total. The zero-order chi connectivity index (χ0) is 15.9. The maximum atomic E-state index is 11.2. The molecular weight excluding hydrogens is 274 g/mol. The van der Waals surface area contributed by atoms with Crippen LogP contribution in [0.1, 0.15) is 103 Å². The van der Waals surface area contributed by atoms with Gasteiger partial charge in [0.2, 0.25) is 0 Å². The molecule has 0 aromatic carbocycles. The van der Waals surface area contributed by atoms with Crippen molar-refractivity contribution < 1.29 is 9.53 Å². The van der Waals surface area contributed by atoms with E-state index in [9.17, 15) is 4.79 Å². The molecule has 0 N–H and O–H groups in total. The molecule has 1 aliphatic rings. The van der Waals surface area contributed by atoms with Gasteiger partial charge in [-0.05, 0) is 12.8 Å². The Bertz CT molecular complexity index is 302. The van der Waals surface area contributed by atoms with E-state index in [0.29, 0.717) is 0 Å². The molecule has 0 saturated heterocycles. The fraction of sp³-hybridized carbons (Fsp3) is 0.895. The van der Waals surface area contributed by atoms with Crippen molar-refractivity contribution in [1.29, 1.82) is 0 Å². The second kappa shape index (κ2) is 13.8. The minimum atomic E-state index is -0.280. The van der Waals surface area contributed by atoms with E-state index in [0.717, 1.165) is 12.8 Å². The average molecular weight is 309 g/mol. The number of aliphatic imine (C=N–C) groups is 1. The van der Waals surface area contributed by atoms with Gasteiger partial charge in [-0.1, -0.05) is 90.4 Å². The summed E-state index contributed by atoms with van der Waals surface area (Å²) in [6.45, 7) is 2.27. The molecule has 1 atom stereocenters. The van der Waals surface area contributed by atoms with Gasteiger partial charge >= 0.3 is 0 Å². The summed E-state index contributed by atoms with van der Waals surface area (Å²) >= 11 is 0. The van der Waals surface area contributed by atoms with Crippen LogP contribution in [-0.4, -0.2) is 18.4 Å². The van der Waals surface area contributed by atoms with Gasteiger partial charge in [0.05, 0.1) is 0 Å². The highest BCUT2D eigenvalue weighted by Gasteiger charge is 2.21. The first-order valence-corrected chi connectivity index (χ1v) is 9.56. The lowest BCUT2D eigenvalue weighted by Crippen LogP contribution is -2.15. The van der Waals surface area contributed by atoms with Crippen LogP contribution in [0.3, 0.4) is 0 Å². The first-order chi connectivity index (χ1) is 10.8. The Morgan fingerprint density at radius 1 is 0.818 bits per heavy atom. The second-order valence-corrected chi connectivity index (χ2v) is 6.58. The molecule has 1 aliphatic heterocycles. The summed E-state index contributed by atoms with van der Waals surface area (Å²) in [5.41, 5.74) is 0. The standard InChI is InChI=1S/C19H35NO2/c1-2-3-4-5-6-7-8-9-10-11-12-13-14-15-16-18-19(21)20-17-22-18/h17-18H,2-16H2,1H3. The predicted octanol–water partition coefficient (Wildman–Crippen LogP) is 5.81.